The van der Waals surface area contributed by atoms with Crippen molar-refractivity contribution in [1.82, 2.24) is 4.90 Å². The summed E-state index contributed by atoms with van der Waals surface area (Å²) in [6, 6.07) is 9.19. The number of benzene rings is 1. The highest BCUT2D eigenvalue weighted by atomic mass is 16.5. The normalized spacial score (nSPS) is 27.7. The van der Waals surface area contributed by atoms with Crippen LogP contribution in [0, 0.1) is 17.2 Å². The van der Waals surface area contributed by atoms with Gasteiger partial charge in [-0.1, -0.05) is 18.6 Å². The van der Waals surface area contributed by atoms with Crippen molar-refractivity contribution >= 4 is 5.91 Å². The summed E-state index contributed by atoms with van der Waals surface area (Å²) < 4.78 is 5.56. The Hall–Kier alpha value is -1.90. The summed E-state index contributed by atoms with van der Waals surface area (Å²) in [5.41, 5.74) is 1.51. The maximum atomic E-state index is 12.7. The topological polar surface area (TPSA) is 73.6 Å². The molecule has 0 aromatic heterocycles. The van der Waals surface area contributed by atoms with E-state index in [1.54, 1.807) is 12.1 Å². The zero-order valence-corrected chi connectivity index (χ0v) is 13.1. The second kappa shape index (κ2) is 7.12. The fourth-order valence-corrected chi connectivity index (χ4v) is 3.68. The fraction of sp³-hybridized carbons (Fsp3) is 0.556. The van der Waals surface area contributed by atoms with Crippen molar-refractivity contribution in [2.45, 2.75) is 37.8 Å². The van der Waals surface area contributed by atoms with Crippen molar-refractivity contribution in [3.05, 3.63) is 35.4 Å². The molecule has 1 aromatic rings. The summed E-state index contributed by atoms with van der Waals surface area (Å²) >= 11 is 0. The first-order valence-corrected chi connectivity index (χ1v) is 8.23. The van der Waals surface area contributed by atoms with Gasteiger partial charge in [-0.2, -0.15) is 5.26 Å². The van der Waals surface area contributed by atoms with Crippen molar-refractivity contribution in [2.75, 3.05) is 19.8 Å². The van der Waals surface area contributed by atoms with Gasteiger partial charge < -0.3 is 14.7 Å². The Morgan fingerprint density at radius 1 is 1.35 bits per heavy atom. The van der Waals surface area contributed by atoms with Gasteiger partial charge in [0.1, 0.15) is 0 Å². The number of carbonyl (C=O) groups is 1. The predicted octanol–water partition coefficient (Wildman–Crippen LogP) is 1.49. The Kier molecular flexibility index (Phi) is 4.94. The zero-order chi connectivity index (χ0) is 16.2. The Morgan fingerprint density at radius 2 is 2.13 bits per heavy atom. The molecule has 1 saturated carbocycles. The lowest BCUT2D eigenvalue weighted by Crippen LogP contribution is -2.54. The number of aliphatic hydroxyl groups is 1. The third-order valence-corrected chi connectivity index (χ3v) is 4.95. The van der Waals surface area contributed by atoms with Gasteiger partial charge in [-0.3, -0.25) is 4.79 Å². The van der Waals surface area contributed by atoms with Crippen molar-refractivity contribution < 1.29 is 14.6 Å². The first-order chi connectivity index (χ1) is 11.2. The molecule has 1 aromatic carbocycles. The number of hydrogen-bond acceptors (Lipinski definition) is 4. The minimum Gasteiger partial charge on any atom is -0.393 e. The predicted molar refractivity (Wildman–Crippen MR) is 84.5 cm³/mol. The van der Waals surface area contributed by atoms with Crippen LogP contribution >= 0.6 is 0 Å². The van der Waals surface area contributed by atoms with Gasteiger partial charge in [-0.05, 0) is 30.5 Å². The summed E-state index contributed by atoms with van der Waals surface area (Å²) in [5.74, 6) is 0.197. The molecule has 5 heteroatoms. The summed E-state index contributed by atoms with van der Waals surface area (Å²) in [7, 11) is 0. The van der Waals surface area contributed by atoms with Crippen LogP contribution in [0.15, 0.2) is 24.3 Å². The van der Waals surface area contributed by atoms with Gasteiger partial charge in [0.15, 0.2) is 0 Å². The summed E-state index contributed by atoms with van der Waals surface area (Å²) in [6.07, 6.45) is 2.78. The van der Waals surface area contributed by atoms with Gasteiger partial charge in [0.2, 0.25) is 5.91 Å². The van der Waals surface area contributed by atoms with Crippen LogP contribution in [0.4, 0.5) is 0 Å². The van der Waals surface area contributed by atoms with E-state index in [1.165, 1.54) is 0 Å². The quantitative estimate of drug-likeness (QED) is 0.917. The van der Waals surface area contributed by atoms with E-state index in [0.717, 1.165) is 24.8 Å². The number of aliphatic hydroxyl groups excluding tert-OH is 1. The Morgan fingerprint density at radius 3 is 2.78 bits per heavy atom. The largest absolute Gasteiger partial charge is 0.393 e. The number of ether oxygens (including phenoxy) is 1. The Balaban J connectivity index is 1.69. The molecule has 1 N–H and O–H groups in total. The highest BCUT2D eigenvalue weighted by Crippen LogP contribution is 2.32. The van der Waals surface area contributed by atoms with Gasteiger partial charge in [0, 0.05) is 12.5 Å². The lowest BCUT2D eigenvalue weighted by molar-refractivity contribution is -0.143. The number of morpholine rings is 1. The first-order valence-electron chi connectivity index (χ1n) is 8.23. The lowest BCUT2D eigenvalue weighted by Gasteiger charge is -2.40. The third kappa shape index (κ3) is 3.54. The number of amides is 1. The summed E-state index contributed by atoms with van der Waals surface area (Å²) in [4.78, 5) is 14.6. The van der Waals surface area contributed by atoms with Gasteiger partial charge >= 0.3 is 0 Å². The second-order valence-corrected chi connectivity index (χ2v) is 6.38. The smallest absolute Gasteiger partial charge is 0.227 e. The molecule has 1 amide bonds. The second-order valence-electron chi connectivity index (χ2n) is 6.38. The van der Waals surface area contributed by atoms with Crippen molar-refractivity contribution in [3.8, 4) is 6.07 Å². The number of nitrogens with zero attached hydrogens (tertiary/aromatic N) is 2. The molecule has 23 heavy (non-hydrogen) atoms. The maximum Gasteiger partial charge on any atom is 0.227 e. The highest BCUT2D eigenvalue weighted by Gasteiger charge is 2.39. The van der Waals surface area contributed by atoms with Crippen LogP contribution < -0.4 is 0 Å². The molecule has 1 aliphatic heterocycles. The lowest BCUT2D eigenvalue weighted by atomic mass is 9.93. The van der Waals surface area contributed by atoms with Crippen molar-refractivity contribution in [1.29, 1.82) is 5.26 Å². The number of hydrogen-bond donors (Lipinski definition) is 1. The van der Waals surface area contributed by atoms with E-state index < -0.39 is 0 Å². The first kappa shape index (κ1) is 16.0. The standard InChI is InChI=1S/C18H22N2O3/c19-11-14-6-4-13(5-7-14)10-18(22)20-8-9-23-12-16(20)15-2-1-3-17(15)21/h4-7,15-17,21H,1-3,8-10,12H2/t15-,16+,17-/m0/s1. The molecule has 2 aliphatic rings. The van der Waals surface area contributed by atoms with E-state index in [4.69, 9.17) is 10.00 Å². The molecule has 1 saturated heterocycles. The molecular weight excluding hydrogens is 292 g/mol. The minimum atomic E-state index is -0.327. The number of rotatable bonds is 3. The molecule has 3 rings (SSSR count). The average molecular weight is 314 g/mol. The Bertz CT molecular complexity index is 593. The van der Waals surface area contributed by atoms with Gasteiger partial charge in [0.05, 0.1) is 43.4 Å². The van der Waals surface area contributed by atoms with E-state index in [-0.39, 0.29) is 24.0 Å². The van der Waals surface area contributed by atoms with Crippen LogP contribution in [0.3, 0.4) is 0 Å². The van der Waals surface area contributed by atoms with Crippen LogP contribution in [0.5, 0.6) is 0 Å². The summed E-state index contributed by atoms with van der Waals surface area (Å²) in [6.45, 7) is 1.66. The van der Waals surface area contributed by atoms with Gasteiger partial charge in [-0.25, -0.2) is 0 Å². The molecular formula is C18H22N2O3. The van der Waals surface area contributed by atoms with E-state index in [2.05, 4.69) is 6.07 Å². The van der Waals surface area contributed by atoms with Crippen LogP contribution in [0.1, 0.15) is 30.4 Å². The maximum absolute atomic E-state index is 12.7. The molecule has 1 aliphatic carbocycles. The third-order valence-electron chi connectivity index (χ3n) is 4.95. The van der Waals surface area contributed by atoms with Crippen LogP contribution in [0.2, 0.25) is 0 Å². The number of nitriles is 1. The van der Waals surface area contributed by atoms with E-state index in [0.29, 0.717) is 31.7 Å². The van der Waals surface area contributed by atoms with E-state index >= 15 is 0 Å². The molecule has 0 spiro atoms. The van der Waals surface area contributed by atoms with E-state index in [1.807, 2.05) is 17.0 Å². The average Bonchev–Trinajstić information content (AvgIpc) is 3.01. The monoisotopic (exact) mass is 314 g/mol. The van der Waals surface area contributed by atoms with Crippen molar-refractivity contribution in [2.24, 2.45) is 5.92 Å². The molecule has 0 radical (unpaired) electrons. The Labute approximate surface area is 136 Å². The van der Waals surface area contributed by atoms with Gasteiger partial charge in [-0.15, -0.1) is 0 Å². The van der Waals surface area contributed by atoms with Gasteiger partial charge in [0.25, 0.3) is 0 Å². The van der Waals surface area contributed by atoms with Crippen LogP contribution in [0.25, 0.3) is 0 Å². The molecule has 0 bridgehead atoms. The fourth-order valence-electron chi connectivity index (χ4n) is 3.68. The highest BCUT2D eigenvalue weighted by molar-refractivity contribution is 5.79. The molecule has 2 fully saturated rings. The van der Waals surface area contributed by atoms with Crippen LogP contribution in [-0.4, -0.2) is 47.8 Å². The number of carbonyl (C=O) groups excluding carboxylic acids is 1. The SMILES string of the molecule is N#Cc1ccc(CC(=O)N2CCOC[C@@H]2[C@@H]2CCC[C@@H]2O)cc1. The molecule has 122 valence electrons. The molecule has 5 nitrogen and oxygen atoms in total. The molecule has 0 unspecified atom stereocenters. The summed E-state index contributed by atoms with van der Waals surface area (Å²) in [5, 5.41) is 19.0. The van der Waals surface area contributed by atoms with Crippen LogP contribution in [-0.2, 0) is 16.0 Å². The zero-order valence-electron chi connectivity index (χ0n) is 13.1. The van der Waals surface area contributed by atoms with E-state index in [9.17, 15) is 9.90 Å². The minimum absolute atomic E-state index is 0.0212. The molecule has 3 atom stereocenters. The molecule has 1 heterocycles. The van der Waals surface area contributed by atoms with Crippen molar-refractivity contribution in [3.63, 3.8) is 0 Å².